The van der Waals surface area contributed by atoms with Gasteiger partial charge >= 0.3 is 0 Å². The molecular weight excluding hydrogens is 526 g/mol. The van der Waals surface area contributed by atoms with E-state index in [1.165, 1.54) is 17.0 Å². The van der Waals surface area contributed by atoms with E-state index < -0.39 is 29.8 Å². The Morgan fingerprint density at radius 1 is 0.944 bits per heavy atom. The number of methoxy groups -OCH3 is 2. The number of aryl methyl sites for hydroxylation is 1. The molecule has 9 heteroatoms. The lowest BCUT2D eigenvalue weighted by Gasteiger charge is -2.26. The summed E-state index contributed by atoms with van der Waals surface area (Å²) in [5.74, 6) is -1.06. The summed E-state index contributed by atoms with van der Waals surface area (Å²) >= 11 is 3.40. The monoisotopic (exact) mass is 549 g/mol. The zero-order valence-corrected chi connectivity index (χ0v) is 21.5. The molecule has 3 aromatic carbocycles. The molecule has 0 spiro atoms. The van der Waals surface area contributed by atoms with Crippen molar-refractivity contribution in [3.8, 4) is 11.5 Å². The maximum atomic E-state index is 13.8. The first-order valence-electron chi connectivity index (χ1n) is 11.4. The fourth-order valence-electron chi connectivity index (χ4n) is 4.82. The van der Waals surface area contributed by atoms with E-state index in [1.54, 1.807) is 55.6 Å². The van der Waals surface area contributed by atoms with Gasteiger partial charge in [-0.2, -0.15) is 0 Å². The van der Waals surface area contributed by atoms with Crippen molar-refractivity contribution >= 4 is 39.3 Å². The Morgan fingerprint density at radius 3 is 2.36 bits per heavy atom. The topological polar surface area (TPSA) is 88.2 Å². The second-order valence-electron chi connectivity index (χ2n) is 8.72. The third-order valence-corrected chi connectivity index (χ3v) is 7.08. The van der Waals surface area contributed by atoms with Gasteiger partial charge in [0, 0.05) is 15.6 Å². The number of rotatable bonds is 5. The number of imide groups is 1. The van der Waals surface area contributed by atoms with Gasteiger partial charge in [-0.15, -0.1) is 0 Å². The maximum absolute atomic E-state index is 13.8. The largest absolute Gasteiger partial charge is 0.497 e. The Kier molecular flexibility index (Phi) is 6.27. The van der Waals surface area contributed by atoms with Crippen molar-refractivity contribution < 1.29 is 23.9 Å². The Labute approximate surface area is 216 Å². The van der Waals surface area contributed by atoms with E-state index in [1.807, 2.05) is 25.1 Å². The van der Waals surface area contributed by atoms with E-state index in [-0.39, 0.29) is 5.91 Å². The van der Waals surface area contributed by atoms with Crippen LogP contribution in [0, 0.1) is 12.8 Å². The number of hydrogen-bond donors (Lipinski definition) is 1. The Morgan fingerprint density at radius 2 is 1.69 bits per heavy atom. The lowest BCUT2D eigenvalue weighted by molar-refractivity contribution is -0.123. The highest BCUT2D eigenvalue weighted by atomic mass is 79.9. The summed E-state index contributed by atoms with van der Waals surface area (Å²) in [5, 5.41) is 1.28. The van der Waals surface area contributed by atoms with Crippen LogP contribution in [0.25, 0.3) is 0 Å². The number of nitrogens with one attached hydrogen (secondary N) is 1. The lowest BCUT2D eigenvalue weighted by Crippen LogP contribution is -2.48. The summed E-state index contributed by atoms with van der Waals surface area (Å²) in [7, 11) is 3.07. The SMILES string of the molecule is COc1ccc(OC)c([C@@H]2NN(C(=O)c3cccc(Br)c3)[C@H]3C(=O)N(c4ccc(C)cc4)C(=O)[C@@H]23)c1. The van der Waals surface area contributed by atoms with Crippen LogP contribution in [0.15, 0.2) is 71.2 Å². The molecule has 3 amide bonds. The van der Waals surface area contributed by atoms with Gasteiger partial charge in [0.05, 0.1) is 31.9 Å². The molecule has 2 aliphatic heterocycles. The van der Waals surface area contributed by atoms with Crippen LogP contribution in [0.2, 0.25) is 0 Å². The minimum absolute atomic E-state index is 0.378. The number of nitrogens with zero attached hydrogens (tertiary/aromatic N) is 2. The molecule has 0 bridgehead atoms. The first kappa shape index (κ1) is 24.0. The van der Waals surface area contributed by atoms with Crippen LogP contribution in [0.1, 0.15) is 27.5 Å². The molecule has 0 radical (unpaired) electrons. The van der Waals surface area contributed by atoms with Crippen LogP contribution in [0.4, 0.5) is 5.69 Å². The lowest BCUT2D eigenvalue weighted by atomic mass is 9.90. The highest BCUT2D eigenvalue weighted by molar-refractivity contribution is 9.10. The average Bonchev–Trinajstić information content (AvgIpc) is 3.40. The molecule has 184 valence electrons. The number of carbonyl (C=O) groups is 3. The zero-order valence-electron chi connectivity index (χ0n) is 19.9. The molecule has 0 saturated carbocycles. The van der Waals surface area contributed by atoms with Crippen LogP contribution in [0.5, 0.6) is 11.5 Å². The Bertz CT molecular complexity index is 1360. The highest BCUT2D eigenvalue weighted by Crippen LogP contribution is 2.45. The number of fused-ring (bicyclic) bond motifs is 1. The maximum Gasteiger partial charge on any atom is 0.268 e. The Balaban J connectivity index is 1.62. The predicted molar refractivity (Wildman–Crippen MR) is 137 cm³/mol. The van der Waals surface area contributed by atoms with Crippen LogP contribution >= 0.6 is 15.9 Å². The van der Waals surface area contributed by atoms with Crippen LogP contribution < -0.4 is 19.8 Å². The molecule has 0 aromatic heterocycles. The standard InChI is InChI=1S/C27H24BrN3O5/c1-15-7-9-18(10-8-15)30-26(33)22-23(20-14-19(35-2)11-12-21(20)36-3)29-31(24(22)27(30)34)25(32)16-5-4-6-17(28)13-16/h4-14,22-24,29H,1-3H3/t22-,23-,24+/m0/s1. The molecular formula is C27H24BrN3O5. The molecule has 36 heavy (non-hydrogen) atoms. The Hall–Kier alpha value is -3.69. The van der Waals surface area contributed by atoms with Gasteiger partial charge < -0.3 is 9.47 Å². The van der Waals surface area contributed by atoms with E-state index in [9.17, 15) is 14.4 Å². The molecule has 2 heterocycles. The van der Waals surface area contributed by atoms with Gasteiger partial charge in [0.25, 0.3) is 11.8 Å². The van der Waals surface area contributed by atoms with Crippen molar-refractivity contribution in [2.45, 2.75) is 19.0 Å². The second kappa shape index (κ2) is 9.40. The molecule has 3 aromatic rings. The van der Waals surface area contributed by atoms with Gasteiger partial charge in [-0.3, -0.25) is 19.4 Å². The quantitative estimate of drug-likeness (QED) is 0.483. The third-order valence-electron chi connectivity index (χ3n) is 6.59. The summed E-state index contributed by atoms with van der Waals surface area (Å²) in [6.45, 7) is 1.93. The van der Waals surface area contributed by atoms with Crippen LogP contribution in [0.3, 0.4) is 0 Å². The molecule has 0 unspecified atom stereocenters. The smallest absolute Gasteiger partial charge is 0.268 e. The van der Waals surface area contributed by atoms with Gasteiger partial charge in [-0.05, 0) is 55.5 Å². The van der Waals surface area contributed by atoms with E-state index in [4.69, 9.17) is 9.47 Å². The summed E-state index contributed by atoms with van der Waals surface area (Å²) in [5.41, 5.74) is 5.62. The van der Waals surface area contributed by atoms with E-state index in [0.717, 1.165) is 10.0 Å². The van der Waals surface area contributed by atoms with Crippen molar-refractivity contribution in [2.75, 3.05) is 19.1 Å². The molecule has 1 N–H and O–H groups in total. The van der Waals surface area contributed by atoms with Gasteiger partial charge in [0.1, 0.15) is 17.5 Å². The van der Waals surface area contributed by atoms with E-state index in [2.05, 4.69) is 21.4 Å². The molecule has 2 aliphatic rings. The molecule has 3 atom stereocenters. The zero-order chi connectivity index (χ0) is 25.6. The molecule has 8 nitrogen and oxygen atoms in total. The molecule has 0 aliphatic carbocycles. The fourth-order valence-corrected chi connectivity index (χ4v) is 5.22. The van der Waals surface area contributed by atoms with Crippen LogP contribution in [-0.4, -0.2) is 43.0 Å². The number of amides is 3. The first-order valence-corrected chi connectivity index (χ1v) is 12.1. The number of carbonyl (C=O) groups excluding carboxylic acids is 3. The number of hydrazine groups is 1. The minimum atomic E-state index is -1.04. The summed E-state index contributed by atoms with van der Waals surface area (Å²) < 4.78 is 11.7. The molecule has 2 fully saturated rings. The van der Waals surface area contributed by atoms with Crippen molar-refractivity contribution in [1.82, 2.24) is 10.4 Å². The van der Waals surface area contributed by atoms with Crippen molar-refractivity contribution in [1.29, 1.82) is 0 Å². The molecule has 2 saturated heterocycles. The van der Waals surface area contributed by atoms with E-state index >= 15 is 0 Å². The second-order valence-corrected chi connectivity index (χ2v) is 9.63. The summed E-state index contributed by atoms with van der Waals surface area (Å²) in [6.07, 6.45) is 0. The number of ether oxygens (including phenoxy) is 2. The number of hydrogen-bond acceptors (Lipinski definition) is 6. The van der Waals surface area contributed by atoms with Crippen molar-refractivity contribution in [3.05, 3.63) is 87.9 Å². The summed E-state index contributed by atoms with van der Waals surface area (Å²) in [6, 6.07) is 17.6. The average molecular weight is 550 g/mol. The predicted octanol–water partition coefficient (Wildman–Crippen LogP) is 4.03. The third kappa shape index (κ3) is 3.94. The van der Waals surface area contributed by atoms with E-state index in [0.29, 0.717) is 28.3 Å². The fraction of sp³-hybridized carbons (Fsp3) is 0.222. The highest BCUT2D eigenvalue weighted by Gasteiger charge is 2.60. The number of halogens is 1. The number of anilines is 1. The van der Waals surface area contributed by atoms with Gasteiger partial charge in [-0.25, -0.2) is 10.3 Å². The molecule has 5 rings (SSSR count). The number of benzene rings is 3. The normalized spacial score (nSPS) is 21.1. The van der Waals surface area contributed by atoms with Crippen molar-refractivity contribution in [2.24, 2.45) is 5.92 Å². The summed E-state index contributed by atoms with van der Waals surface area (Å²) in [4.78, 5) is 42.4. The van der Waals surface area contributed by atoms with Gasteiger partial charge in [-0.1, -0.05) is 39.7 Å². The van der Waals surface area contributed by atoms with Gasteiger partial charge in [0.2, 0.25) is 5.91 Å². The van der Waals surface area contributed by atoms with Crippen molar-refractivity contribution in [3.63, 3.8) is 0 Å². The van der Waals surface area contributed by atoms with Crippen LogP contribution in [-0.2, 0) is 9.59 Å². The minimum Gasteiger partial charge on any atom is -0.497 e. The first-order chi connectivity index (χ1) is 17.3. The van der Waals surface area contributed by atoms with Gasteiger partial charge in [0.15, 0.2) is 0 Å².